The third-order valence-electron chi connectivity index (χ3n) is 4.74. The summed E-state index contributed by atoms with van der Waals surface area (Å²) in [5, 5.41) is 6.27. The number of rotatable bonds is 5. The molecule has 2 amide bonds. The maximum absolute atomic E-state index is 12.5. The van der Waals surface area contributed by atoms with Crippen molar-refractivity contribution in [3.8, 4) is 0 Å². The first-order chi connectivity index (χ1) is 11.6. The van der Waals surface area contributed by atoms with E-state index in [1.807, 2.05) is 31.2 Å². The van der Waals surface area contributed by atoms with Crippen molar-refractivity contribution in [1.82, 2.24) is 10.2 Å². The lowest BCUT2D eigenvalue weighted by Crippen LogP contribution is -2.43. The lowest BCUT2D eigenvalue weighted by Gasteiger charge is -2.27. The van der Waals surface area contributed by atoms with Crippen LogP contribution in [-0.4, -0.2) is 53.4 Å². The summed E-state index contributed by atoms with van der Waals surface area (Å²) < 4.78 is 0. The number of benzene rings is 1. The molecule has 0 aliphatic carbocycles. The second-order valence-corrected chi connectivity index (χ2v) is 7.57. The average molecular weight is 384 g/mol. The van der Waals surface area contributed by atoms with E-state index in [2.05, 4.69) is 15.5 Å². The number of hydrogen-bond acceptors (Lipinski definition) is 4. The molecule has 1 aromatic carbocycles. The van der Waals surface area contributed by atoms with Gasteiger partial charge in [0, 0.05) is 24.3 Å². The maximum atomic E-state index is 12.5. The monoisotopic (exact) mass is 383 g/mol. The molecule has 2 N–H and O–H groups in total. The largest absolute Gasteiger partial charge is 0.335 e. The molecule has 2 saturated heterocycles. The van der Waals surface area contributed by atoms with Crippen LogP contribution in [0.15, 0.2) is 24.3 Å². The summed E-state index contributed by atoms with van der Waals surface area (Å²) in [5.74, 6) is 0.812. The number of amides is 2. The van der Waals surface area contributed by atoms with Crippen LogP contribution in [0.5, 0.6) is 0 Å². The van der Waals surface area contributed by atoms with Crippen LogP contribution in [0.25, 0.3) is 0 Å². The van der Waals surface area contributed by atoms with Crippen LogP contribution >= 0.6 is 24.2 Å². The molecule has 0 radical (unpaired) electrons. The molecule has 0 spiro atoms. The molecule has 5 nitrogen and oxygen atoms in total. The lowest BCUT2D eigenvalue weighted by molar-refractivity contribution is -0.130. The number of aryl methyl sites for hydroxylation is 1. The fraction of sp³-hybridized carbons (Fsp3) is 0.556. The quantitative estimate of drug-likeness (QED) is 0.819. The fourth-order valence-electron chi connectivity index (χ4n) is 3.53. The van der Waals surface area contributed by atoms with Crippen LogP contribution in [-0.2, 0) is 9.59 Å². The molecule has 1 aromatic rings. The Hall–Kier alpha value is -1.24. The molecular weight excluding hydrogens is 358 g/mol. The zero-order chi connectivity index (χ0) is 16.9. The lowest BCUT2D eigenvalue weighted by atomic mass is 10.1. The van der Waals surface area contributed by atoms with E-state index >= 15 is 0 Å². The third kappa shape index (κ3) is 5.36. The van der Waals surface area contributed by atoms with E-state index < -0.39 is 0 Å². The topological polar surface area (TPSA) is 61.4 Å². The van der Waals surface area contributed by atoms with Gasteiger partial charge in [0.25, 0.3) is 0 Å². The molecular formula is C18H26ClN3O2S. The Labute approximate surface area is 159 Å². The highest BCUT2D eigenvalue weighted by molar-refractivity contribution is 8.00. The van der Waals surface area contributed by atoms with Gasteiger partial charge < -0.3 is 15.5 Å². The minimum absolute atomic E-state index is 0. The van der Waals surface area contributed by atoms with Gasteiger partial charge in [0.1, 0.15) is 0 Å². The molecule has 2 aliphatic rings. The Kier molecular flexibility index (Phi) is 7.59. The van der Waals surface area contributed by atoms with Crippen LogP contribution in [0, 0.1) is 6.92 Å². The van der Waals surface area contributed by atoms with Gasteiger partial charge >= 0.3 is 0 Å². The molecule has 2 heterocycles. The number of carbonyl (C=O) groups excluding carboxylic acids is 2. The van der Waals surface area contributed by atoms with Crippen molar-refractivity contribution in [1.29, 1.82) is 0 Å². The highest BCUT2D eigenvalue weighted by Gasteiger charge is 2.37. The van der Waals surface area contributed by atoms with Gasteiger partial charge in [-0.3, -0.25) is 9.59 Å². The summed E-state index contributed by atoms with van der Waals surface area (Å²) in [4.78, 5) is 26.6. The van der Waals surface area contributed by atoms with E-state index in [4.69, 9.17) is 0 Å². The number of fused-ring (bicyclic) bond motifs is 2. The average Bonchev–Trinajstić information content (AvgIpc) is 2.82. The second kappa shape index (κ2) is 9.46. The zero-order valence-electron chi connectivity index (χ0n) is 14.5. The minimum Gasteiger partial charge on any atom is -0.335 e. The van der Waals surface area contributed by atoms with Crippen molar-refractivity contribution in [2.45, 2.75) is 38.3 Å². The Morgan fingerprint density at radius 2 is 1.88 bits per heavy atom. The zero-order valence-corrected chi connectivity index (χ0v) is 16.1. The van der Waals surface area contributed by atoms with Crippen molar-refractivity contribution in [2.75, 3.05) is 29.9 Å². The molecule has 0 aromatic heterocycles. The predicted molar refractivity (Wildman–Crippen MR) is 106 cm³/mol. The molecule has 2 bridgehead atoms. The summed E-state index contributed by atoms with van der Waals surface area (Å²) in [7, 11) is 0. The Morgan fingerprint density at radius 1 is 1.16 bits per heavy atom. The number of nitrogens with one attached hydrogen (secondary N) is 2. The van der Waals surface area contributed by atoms with Gasteiger partial charge in [-0.1, -0.05) is 17.7 Å². The van der Waals surface area contributed by atoms with E-state index in [0.29, 0.717) is 23.6 Å². The highest BCUT2D eigenvalue weighted by Crippen LogP contribution is 2.28. The number of anilines is 1. The van der Waals surface area contributed by atoms with Gasteiger partial charge in [-0.2, -0.15) is 0 Å². The van der Waals surface area contributed by atoms with Crippen LogP contribution in [0.2, 0.25) is 0 Å². The first-order valence-corrected chi connectivity index (χ1v) is 9.75. The van der Waals surface area contributed by atoms with Crippen molar-refractivity contribution in [3.63, 3.8) is 0 Å². The van der Waals surface area contributed by atoms with Crippen molar-refractivity contribution in [2.24, 2.45) is 0 Å². The first-order valence-electron chi connectivity index (χ1n) is 8.59. The Balaban J connectivity index is 0.00000225. The van der Waals surface area contributed by atoms with Gasteiger partial charge in [-0.25, -0.2) is 0 Å². The van der Waals surface area contributed by atoms with E-state index in [-0.39, 0.29) is 24.2 Å². The second-order valence-electron chi connectivity index (χ2n) is 6.59. The van der Waals surface area contributed by atoms with Crippen molar-refractivity contribution in [3.05, 3.63) is 29.8 Å². The molecule has 2 fully saturated rings. The molecule has 2 atom stereocenters. The molecule has 0 saturated carbocycles. The molecule has 2 aliphatic heterocycles. The standard InChI is InChI=1S/C18H25N3O2S.ClH/c1-13-2-4-14(5-3-13)20-17(22)11-24-12-18(23)21-15-6-7-16(21)10-19-9-8-15;/h2-5,15-16,19H,6-12H2,1H3,(H,20,22);1H. The van der Waals surface area contributed by atoms with E-state index in [9.17, 15) is 9.59 Å². The van der Waals surface area contributed by atoms with Crippen LogP contribution in [0.1, 0.15) is 24.8 Å². The highest BCUT2D eigenvalue weighted by atomic mass is 35.5. The van der Waals surface area contributed by atoms with E-state index in [0.717, 1.165) is 43.6 Å². The van der Waals surface area contributed by atoms with Gasteiger partial charge in [-0.05, 0) is 44.9 Å². The van der Waals surface area contributed by atoms with Crippen LogP contribution in [0.4, 0.5) is 5.69 Å². The van der Waals surface area contributed by atoms with E-state index in [1.54, 1.807) is 0 Å². The summed E-state index contributed by atoms with van der Waals surface area (Å²) in [6, 6.07) is 8.45. The van der Waals surface area contributed by atoms with Gasteiger partial charge in [0.05, 0.1) is 11.5 Å². The number of halogens is 1. The first kappa shape index (κ1) is 20.1. The number of thioether (sulfide) groups is 1. The SMILES string of the molecule is Cc1ccc(NC(=O)CSCC(=O)N2C3CCNCC2CC3)cc1.Cl. The summed E-state index contributed by atoms with van der Waals surface area (Å²) in [5.41, 5.74) is 1.96. The summed E-state index contributed by atoms with van der Waals surface area (Å²) >= 11 is 1.40. The molecule has 3 rings (SSSR count). The maximum Gasteiger partial charge on any atom is 0.234 e. The van der Waals surface area contributed by atoms with Gasteiger partial charge in [0.2, 0.25) is 11.8 Å². The molecule has 25 heavy (non-hydrogen) atoms. The van der Waals surface area contributed by atoms with Crippen molar-refractivity contribution < 1.29 is 9.59 Å². The summed E-state index contributed by atoms with van der Waals surface area (Å²) in [6.07, 6.45) is 3.26. The third-order valence-corrected chi connectivity index (χ3v) is 5.65. The number of nitrogens with zero attached hydrogens (tertiary/aromatic N) is 1. The predicted octanol–water partition coefficient (Wildman–Crippen LogP) is 2.44. The normalized spacial score (nSPS) is 22.0. The van der Waals surface area contributed by atoms with Crippen LogP contribution in [0.3, 0.4) is 0 Å². The molecule has 138 valence electrons. The Morgan fingerprint density at radius 3 is 2.64 bits per heavy atom. The smallest absolute Gasteiger partial charge is 0.234 e. The molecule has 7 heteroatoms. The van der Waals surface area contributed by atoms with Gasteiger partial charge in [0.15, 0.2) is 0 Å². The minimum atomic E-state index is -0.0582. The fourth-order valence-corrected chi connectivity index (χ4v) is 4.21. The van der Waals surface area contributed by atoms with Crippen LogP contribution < -0.4 is 10.6 Å². The van der Waals surface area contributed by atoms with E-state index in [1.165, 1.54) is 11.8 Å². The molecule has 2 unspecified atom stereocenters. The number of carbonyl (C=O) groups is 2. The summed E-state index contributed by atoms with van der Waals surface area (Å²) in [6.45, 7) is 3.91. The van der Waals surface area contributed by atoms with Gasteiger partial charge in [-0.15, -0.1) is 24.2 Å². The Bertz CT molecular complexity index is 582. The number of hydrogen-bond donors (Lipinski definition) is 2. The van der Waals surface area contributed by atoms with Crippen molar-refractivity contribution >= 4 is 41.7 Å².